The SMILES string of the molecule is CCNCc1nnc(Oc2ccc(C)c(C)c2)s1. The van der Waals surface area contributed by atoms with Crippen molar-refractivity contribution in [3.8, 4) is 10.9 Å². The van der Waals surface area contributed by atoms with Gasteiger partial charge in [0.25, 0.3) is 5.19 Å². The first-order chi connectivity index (χ1) is 8.69. The number of ether oxygens (including phenoxy) is 1. The first kappa shape index (κ1) is 13.0. The van der Waals surface area contributed by atoms with Gasteiger partial charge >= 0.3 is 0 Å². The molecule has 1 heterocycles. The third kappa shape index (κ3) is 3.27. The molecule has 1 N–H and O–H groups in total. The van der Waals surface area contributed by atoms with Crippen molar-refractivity contribution >= 4 is 11.3 Å². The minimum absolute atomic E-state index is 0.589. The topological polar surface area (TPSA) is 47.0 Å². The Bertz CT molecular complexity index is 525. The highest BCUT2D eigenvalue weighted by Crippen LogP contribution is 2.26. The predicted molar refractivity (Wildman–Crippen MR) is 73.3 cm³/mol. The zero-order valence-corrected chi connectivity index (χ0v) is 11.7. The Morgan fingerprint density at radius 2 is 2.06 bits per heavy atom. The molecule has 5 heteroatoms. The maximum Gasteiger partial charge on any atom is 0.299 e. The van der Waals surface area contributed by atoms with Crippen LogP contribution in [0.25, 0.3) is 0 Å². The Kier molecular flexibility index (Phi) is 4.28. The molecular formula is C13H17N3OS. The fourth-order valence-electron chi connectivity index (χ4n) is 1.46. The summed E-state index contributed by atoms with van der Waals surface area (Å²) in [5.41, 5.74) is 2.47. The average Bonchev–Trinajstić information content (AvgIpc) is 2.79. The fraction of sp³-hybridized carbons (Fsp3) is 0.385. The second kappa shape index (κ2) is 5.93. The molecule has 0 aliphatic carbocycles. The van der Waals surface area contributed by atoms with E-state index in [2.05, 4.69) is 36.3 Å². The van der Waals surface area contributed by atoms with E-state index in [1.165, 1.54) is 22.5 Å². The van der Waals surface area contributed by atoms with Gasteiger partial charge in [-0.25, -0.2) is 0 Å². The normalized spacial score (nSPS) is 10.6. The molecule has 1 aromatic carbocycles. The molecule has 0 fully saturated rings. The summed E-state index contributed by atoms with van der Waals surface area (Å²) in [6.07, 6.45) is 0. The van der Waals surface area contributed by atoms with Crippen LogP contribution in [0.2, 0.25) is 0 Å². The second-order valence-corrected chi connectivity index (χ2v) is 5.11. The molecule has 1 aromatic heterocycles. The smallest absolute Gasteiger partial charge is 0.299 e. The van der Waals surface area contributed by atoms with Crippen LogP contribution in [0.15, 0.2) is 18.2 Å². The zero-order valence-electron chi connectivity index (χ0n) is 10.9. The summed E-state index contributed by atoms with van der Waals surface area (Å²) in [7, 11) is 0. The summed E-state index contributed by atoms with van der Waals surface area (Å²) in [6, 6.07) is 6.01. The van der Waals surface area contributed by atoms with E-state index in [4.69, 9.17) is 4.74 Å². The third-order valence-electron chi connectivity index (χ3n) is 2.66. The molecule has 0 aliphatic rings. The number of hydrogen-bond donors (Lipinski definition) is 1. The molecule has 0 saturated carbocycles. The predicted octanol–water partition coefficient (Wildman–Crippen LogP) is 3.06. The summed E-state index contributed by atoms with van der Waals surface area (Å²) in [6.45, 7) is 7.88. The largest absolute Gasteiger partial charge is 0.430 e. The molecule has 0 aliphatic heterocycles. The van der Waals surface area contributed by atoms with Crippen LogP contribution in [0.5, 0.6) is 10.9 Å². The summed E-state index contributed by atoms with van der Waals surface area (Å²) in [4.78, 5) is 0. The van der Waals surface area contributed by atoms with Crippen molar-refractivity contribution < 1.29 is 4.74 Å². The van der Waals surface area contributed by atoms with Crippen LogP contribution >= 0.6 is 11.3 Å². The van der Waals surface area contributed by atoms with Crippen LogP contribution in [0, 0.1) is 13.8 Å². The molecule has 0 atom stereocenters. The Morgan fingerprint density at radius 1 is 1.22 bits per heavy atom. The maximum absolute atomic E-state index is 5.69. The fourth-order valence-corrected chi connectivity index (χ4v) is 2.14. The number of aryl methyl sites for hydroxylation is 2. The van der Waals surface area contributed by atoms with Gasteiger partial charge in [-0.3, -0.25) is 0 Å². The van der Waals surface area contributed by atoms with E-state index in [0.29, 0.717) is 5.19 Å². The van der Waals surface area contributed by atoms with Crippen molar-refractivity contribution in [3.05, 3.63) is 34.3 Å². The van der Waals surface area contributed by atoms with E-state index in [1.54, 1.807) is 0 Å². The molecule has 96 valence electrons. The van der Waals surface area contributed by atoms with E-state index in [9.17, 15) is 0 Å². The zero-order chi connectivity index (χ0) is 13.0. The van der Waals surface area contributed by atoms with Gasteiger partial charge in [-0.15, -0.1) is 5.10 Å². The second-order valence-electron chi connectivity index (χ2n) is 4.09. The highest BCUT2D eigenvalue weighted by molar-refractivity contribution is 7.13. The Labute approximate surface area is 111 Å². The molecular weight excluding hydrogens is 246 g/mol. The molecule has 0 amide bonds. The number of rotatable bonds is 5. The van der Waals surface area contributed by atoms with Crippen LogP contribution in [0.1, 0.15) is 23.1 Å². The standard InChI is InChI=1S/C13H17N3OS/c1-4-14-8-12-15-16-13(18-12)17-11-6-5-9(2)10(3)7-11/h5-7,14H,4,8H2,1-3H3. The van der Waals surface area contributed by atoms with Crippen molar-refractivity contribution in [2.75, 3.05) is 6.54 Å². The molecule has 0 bridgehead atoms. The molecule has 18 heavy (non-hydrogen) atoms. The molecule has 2 aromatic rings. The van der Waals surface area contributed by atoms with Gasteiger partial charge in [0.2, 0.25) is 0 Å². The lowest BCUT2D eigenvalue weighted by Gasteiger charge is -2.04. The van der Waals surface area contributed by atoms with Crippen molar-refractivity contribution in [1.82, 2.24) is 15.5 Å². The molecule has 0 saturated heterocycles. The van der Waals surface area contributed by atoms with E-state index in [-0.39, 0.29) is 0 Å². The van der Waals surface area contributed by atoms with Gasteiger partial charge in [0, 0.05) is 6.54 Å². The number of hydrogen-bond acceptors (Lipinski definition) is 5. The lowest BCUT2D eigenvalue weighted by Crippen LogP contribution is -2.11. The minimum Gasteiger partial charge on any atom is -0.430 e. The van der Waals surface area contributed by atoms with Crippen LogP contribution in [-0.2, 0) is 6.54 Å². The van der Waals surface area contributed by atoms with E-state index in [1.807, 2.05) is 18.2 Å². The average molecular weight is 263 g/mol. The molecule has 0 unspecified atom stereocenters. The highest BCUT2D eigenvalue weighted by Gasteiger charge is 2.06. The van der Waals surface area contributed by atoms with Crippen molar-refractivity contribution in [1.29, 1.82) is 0 Å². The number of nitrogens with one attached hydrogen (secondary N) is 1. The Balaban J connectivity index is 2.04. The maximum atomic E-state index is 5.69. The summed E-state index contributed by atoms with van der Waals surface area (Å²) in [5, 5.41) is 12.8. The quantitative estimate of drug-likeness (QED) is 0.900. The minimum atomic E-state index is 0.589. The lowest BCUT2D eigenvalue weighted by molar-refractivity contribution is 0.472. The molecule has 0 spiro atoms. The van der Waals surface area contributed by atoms with Gasteiger partial charge in [0.05, 0.1) is 0 Å². The van der Waals surface area contributed by atoms with Crippen LogP contribution in [-0.4, -0.2) is 16.7 Å². The van der Waals surface area contributed by atoms with Gasteiger partial charge in [-0.05, 0) is 43.7 Å². The molecule has 4 nitrogen and oxygen atoms in total. The molecule has 0 radical (unpaired) electrons. The van der Waals surface area contributed by atoms with Gasteiger partial charge in [0.15, 0.2) is 0 Å². The van der Waals surface area contributed by atoms with Gasteiger partial charge in [-0.1, -0.05) is 29.4 Å². The number of nitrogens with zero attached hydrogens (tertiary/aromatic N) is 2. The van der Waals surface area contributed by atoms with Crippen molar-refractivity contribution in [2.45, 2.75) is 27.3 Å². The van der Waals surface area contributed by atoms with Gasteiger partial charge in [-0.2, -0.15) is 0 Å². The summed E-state index contributed by atoms with van der Waals surface area (Å²) >= 11 is 1.47. The Hall–Kier alpha value is -1.46. The van der Waals surface area contributed by atoms with Crippen LogP contribution in [0.4, 0.5) is 0 Å². The number of aromatic nitrogens is 2. The van der Waals surface area contributed by atoms with E-state index >= 15 is 0 Å². The van der Waals surface area contributed by atoms with E-state index < -0.39 is 0 Å². The monoisotopic (exact) mass is 263 g/mol. The van der Waals surface area contributed by atoms with Crippen molar-refractivity contribution in [2.24, 2.45) is 0 Å². The Morgan fingerprint density at radius 3 is 2.78 bits per heavy atom. The summed E-state index contributed by atoms with van der Waals surface area (Å²) in [5.74, 6) is 0.809. The lowest BCUT2D eigenvalue weighted by atomic mass is 10.1. The van der Waals surface area contributed by atoms with E-state index in [0.717, 1.165) is 23.8 Å². The van der Waals surface area contributed by atoms with Gasteiger partial charge in [0.1, 0.15) is 10.8 Å². The van der Waals surface area contributed by atoms with Crippen LogP contribution < -0.4 is 10.1 Å². The van der Waals surface area contributed by atoms with Crippen molar-refractivity contribution in [3.63, 3.8) is 0 Å². The molecule has 2 rings (SSSR count). The summed E-state index contributed by atoms with van der Waals surface area (Å²) < 4.78 is 5.69. The number of benzene rings is 1. The van der Waals surface area contributed by atoms with Crippen LogP contribution in [0.3, 0.4) is 0 Å². The highest BCUT2D eigenvalue weighted by atomic mass is 32.1. The van der Waals surface area contributed by atoms with Gasteiger partial charge < -0.3 is 10.1 Å². The first-order valence-corrected chi connectivity index (χ1v) is 6.79. The first-order valence-electron chi connectivity index (χ1n) is 5.97. The third-order valence-corrected chi connectivity index (χ3v) is 3.46.